The van der Waals surface area contributed by atoms with Crippen molar-refractivity contribution < 1.29 is 31.9 Å². The summed E-state index contributed by atoms with van der Waals surface area (Å²) in [5, 5.41) is 0.473. The molecule has 1 saturated heterocycles. The van der Waals surface area contributed by atoms with Gasteiger partial charge < -0.3 is 13.9 Å². The SMILES string of the molecule is O=C(COC(=O)c1ccc(-c2ccccc2Cl)o1)c1ccc(S(=O)(=O)N2CCOCC2)cc1. The van der Waals surface area contributed by atoms with Gasteiger partial charge in [-0.1, -0.05) is 23.7 Å². The average molecular weight is 490 g/mol. The molecule has 1 fully saturated rings. The number of hydrogen-bond acceptors (Lipinski definition) is 7. The Morgan fingerprint density at radius 1 is 0.970 bits per heavy atom. The van der Waals surface area contributed by atoms with Crippen LogP contribution in [-0.2, 0) is 19.5 Å². The number of morpholine rings is 1. The fraction of sp³-hybridized carbons (Fsp3) is 0.217. The lowest BCUT2D eigenvalue weighted by Gasteiger charge is -2.26. The summed E-state index contributed by atoms with van der Waals surface area (Å²) >= 11 is 6.13. The number of benzene rings is 2. The maximum atomic E-state index is 12.7. The summed E-state index contributed by atoms with van der Waals surface area (Å²) in [4.78, 5) is 24.8. The molecule has 1 aromatic heterocycles. The highest BCUT2D eigenvalue weighted by Gasteiger charge is 2.26. The lowest BCUT2D eigenvalue weighted by atomic mass is 10.1. The largest absolute Gasteiger partial charge is 0.451 e. The molecule has 0 aliphatic carbocycles. The first-order chi connectivity index (χ1) is 15.9. The lowest BCUT2D eigenvalue weighted by molar-refractivity contribution is 0.0445. The van der Waals surface area contributed by atoms with E-state index in [0.29, 0.717) is 29.6 Å². The van der Waals surface area contributed by atoms with Gasteiger partial charge in [-0.05, 0) is 48.5 Å². The first-order valence-corrected chi connectivity index (χ1v) is 11.9. The van der Waals surface area contributed by atoms with Gasteiger partial charge in [0.2, 0.25) is 15.8 Å². The van der Waals surface area contributed by atoms with Crippen LogP contribution in [0.25, 0.3) is 11.3 Å². The van der Waals surface area contributed by atoms with Crippen LogP contribution in [0.3, 0.4) is 0 Å². The molecule has 0 saturated carbocycles. The minimum atomic E-state index is -3.66. The summed E-state index contributed by atoms with van der Waals surface area (Å²) in [5.41, 5.74) is 0.848. The molecule has 2 heterocycles. The van der Waals surface area contributed by atoms with Crippen LogP contribution in [0.1, 0.15) is 20.9 Å². The van der Waals surface area contributed by atoms with Gasteiger partial charge in [0.15, 0.2) is 12.4 Å². The summed E-state index contributed by atoms with van der Waals surface area (Å²) in [5.74, 6) is -0.940. The molecule has 0 amide bonds. The molecular formula is C23H20ClNO7S. The number of carbonyl (C=O) groups excluding carboxylic acids is 2. The van der Waals surface area contributed by atoms with E-state index in [4.69, 9.17) is 25.5 Å². The van der Waals surface area contributed by atoms with Gasteiger partial charge in [0, 0.05) is 24.2 Å². The molecule has 0 spiro atoms. The minimum absolute atomic E-state index is 0.0651. The highest BCUT2D eigenvalue weighted by molar-refractivity contribution is 7.89. The fourth-order valence-corrected chi connectivity index (χ4v) is 4.92. The van der Waals surface area contributed by atoms with E-state index in [1.807, 2.05) is 0 Å². The van der Waals surface area contributed by atoms with Crippen LogP contribution in [0.15, 0.2) is 70.0 Å². The Kier molecular flexibility index (Phi) is 6.94. The van der Waals surface area contributed by atoms with Gasteiger partial charge in [-0.15, -0.1) is 0 Å². The van der Waals surface area contributed by atoms with Crippen LogP contribution in [0.4, 0.5) is 0 Å². The fourth-order valence-electron chi connectivity index (χ4n) is 3.29. The summed E-state index contributed by atoms with van der Waals surface area (Å²) in [7, 11) is -3.66. The second kappa shape index (κ2) is 9.88. The van der Waals surface area contributed by atoms with Crippen molar-refractivity contribution in [3.8, 4) is 11.3 Å². The molecule has 3 aromatic rings. The third-order valence-electron chi connectivity index (χ3n) is 5.06. The number of ether oxygens (including phenoxy) is 2. The second-order valence-corrected chi connectivity index (χ2v) is 9.53. The number of halogens is 1. The first-order valence-electron chi connectivity index (χ1n) is 10.1. The van der Waals surface area contributed by atoms with E-state index in [2.05, 4.69) is 0 Å². The molecule has 172 valence electrons. The Labute approximate surface area is 195 Å². The Hall–Kier alpha value is -2.98. The summed E-state index contributed by atoms with van der Waals surface area (Å²) in [6.07, 6.45) is 0. The van der Waals surface area contributed by atoms with Crippen molar-refractivity contribution in [3.05, 3.63) is 77.0 Å². The van der Waals surface area contributed by atoms with Crippen LogP contribution in [0, 0.1) is 0 Å². The number of furan rings is 1. The van der Waals surface area contributed by atoms with E-state index >= 15 is 0 Å². The van der Waals surface area contributed by atoms with Gasteiger partial charge in [0.05, 0.1) is 23.1 Å². The molecule has 0 bridgehead atoms. The van der Waals surface area contributed by atoms with Gasteiger partial charge in [-0.2, -0.15) is 4.31 Å². The van der Waals surface area contributed by atoms with Crippen molar-refractivity contribution in [2.75, 3.05) is 32.9 Å². The van der Waals surface area contributed by atoms with Crippen LogP contribution < -0.4 is 0 Å². The highest BCUT2D eigenvalue weighted by Crippen LogP contribution is 2.29. The quantitative estimate of drug-likeness (QED) is 0.368. The molecule has 0 atom stereocenters. The van der Waals surface area contributed by atoms with Crippen LogP contribution >= 0.6 is 11.6 Å². The van der Waals surface area contributed by atoms with E-state index < -0.39 is 28.4 Å². The van der Waals surface area contributed by atoms with E-state index in [1.54, 1.807) is 30.3 Å². The summed E-state index contributed by atoms with van der Waals surface area (Å²) < 4.78 is 42.4. The van der Waals surface area contributed by atoms with Crippen molar-refractivity contribution in [2.24, 2.45) is 0 Å². The van der Waals surface area contributed by atoms with E-state index in [-0.39, 0.29) is 29.3 Å². The smallest absolute Gasteiger partial charge is 0.374 e. The highest BCUT2D eigenvalue weighted by atomic mass is 35.5. The standard InChI is InChI=1S/C23H20ClNO7S/c24-19-4-2-1-3-18(19)21-9-10-22(32-21)23(27)31-15-20(26)16-5-7-17(8-6-16)33(28,29)25-11-13-30-14-12-25/h1-10H,11-15H2. The predicted molar refractivity (Wildman–Crippen MR) is 120 cm³/mol. The van der Waals surface area contributed by atoms with Gasteiger partial charge in [-0.3, -0.25) is 4.79 Å². The van der Waals surface area contributed by atoms with Crippen molar-refractivity contribution in [1.82, 2.24) is 4.31 Å². The van der Waals surface area contributed by atoms with E-state index in [1.165, 1.54) is 34.6 Å². The number of carbonyl (C=O) groups is 2. The molecule has 1 aliphatic rings. The molecule has 10 heteroatoms. The molecule has 33 heavy (non-hydrogen) atoms. The van der Waals surface area contributed by atoms with Gasteiger partial charge >= 0.3 is 5.97 Å². The Bertz CT molecular complexity index is 1260. The van der Waals surface area contributed by atoms with Gasteiger partial charge in [0.25, 0.3) is 0 Å². The van der Waals surface area contributed by atoms with Crippen LogP contribution in [0.5, 0.6) is 0 Å². The van der Waals surface area contributed by atoms with Crippen molar-refractivity contribution in [2.45, 2.75) is 4.90 Å². The van der Waals surface area contributed by atoms with E-state index in [0.717, 1.165) is 0 Å². The summed E-state index contributed by atoms with van der Waals surface area (Å²) in [6.45, 7) is 0.734. The number of nitrogens with zero attached hydrogens (tertiary/aromatic N) is 1. The monoisotopic (exact) mass is 489 g/mol. The number of hydrogen-bond donors (Lipinski definition) is 0. The molecule has 2 aromatic carbocycles. The van der Waals surface area contributed by atoms with Gasteiger partial charge in [-0.25, -0.2) is 13.2 Å². The number of Topliss-reactive ketones (excluding diaryl/α,β-unsaturated/α-hetero) is 1. The zero-order valence-corrected chi connectivity index (χ0v) is 19.0. The Balaban J connectivity index is 1.37. The topological polar surface area (TPSA) is 103 Å². The molecule has 0 N–H and O–H groups in total. The Morgan fingerprint density at radius 2 is 1.67 bits per heavy atom. The molecule has 4 rings (SSSR count). The second-order valence-electron chi connectivity index (χ2n) is 7.18. The molecule has 8 nitrogen and oxygen atoms in total. The third-order valence-corrected chi connectivity index (χ3v) is 7.31. The molecule has 0 radical (unpaired) electrons. The number of sulfonamides is 1. The molecular weight excluding hydrogens is 470 g/mol. The molecule has 1 aliphatic heterocycles. The zero-order valence-electron chi connectivity index (χ0n) is 17.4. The normalized spacial score (nSPS) is 14.7. The van der Waals surface area contributed by atoms with Crippen molar-refractivity contribution in [3.63, 3.8) is 0 Å². The van der Waals surface area contributed by atoms with E-state index in [9.17, 15) is 18.0 Å². The maximum Gasteiger partial charge on any atom is 0.374 e. The van der Waals surface area contributed by atoms with Gasteiger partial charge in [0.1, 0.15) is 5.76 Å². The predicted octanol–water partition coefficient (Wildman–Crippen LogP) is 3.66. The number of rotatable bonds is 7. The summed E-state index contributed by atoms with van der Waals surface area (Å²) in [6, 6.07) is 15.6. The zero-order chi connectivity index (χ0) is 23.4. The number of esters is 1. The lowest BCUT2D eigenvalue weighted by Crippen LogP contribution is -2.40. The van der Waals surface area contributed by atoms with Crippen molar-refractivity contribution in [1.29, 1.82) is 0 Å². The minimum Gasteiger partial charge on any atom is -0.451 e. The first kappa shape index (κ1) is 23.2. The average Bonchev–Trinajstić information content (AvgIpc) is 3.33. The molecule has 0 unspecified atom stereocenters. The number of ketones is 1. The Morgan fingerprint density at radius 3 is 2.36 bits per heavy atom. The van der Waals surface area contributed by atoms with Crippen molar-refractivity contribution >= 4 is 33.4 Å². The van der Waals surface area contributed by atoms with Crippen LogP contribution in [0.2, 0.25) is 5.02 Å². The third kappa shape index (κ3) is 5.17. The van der Waals surface area contributed by atoms with Crippen LogP contribution in [-0.4, -0.2) is 57.4 Å². The maximum absolute atomic E-state index is 12.7.